The van der Waals surface area contributed by atoms with Gasteiger partial charge in [-0.3, -0.25) is 0 Å². The summed E-state index contributed by atoms with van der Waals surface area (Å²) in [5, 5.41) is 8.19. The van der Waals surface area contributed by atoms with Crippen LogP contribution in [0.1, 0.15) is 0 Å². The molecule has 0 atom stereocenters. The Balaban J connectivity index is 1.80. The number of H-pyrrole nitrogens is 1. The molecular weight excluding hydrogens is 270 g/mol. The molecule has 5 rings (SSSR count). The summed E-state index contributed by atoms with van der Waals surface area (Å²) in [5.74, 6) is 0. The number of nitrogens with zero attached hydrogens (tertiary/aromatic N) is 2. The smallest absolute Gasteiger partial charge is 0.0741 e. The van der Waals surface area contributed by atoms with Gasteiger partial charge in [-0.2, -0.15) is 5.10 Å². The van der Waals surface area contributed by atoms with Crippen molar-refractivity contribution in [2.45, 2.75) is 0 Å². The topological polar surface area (TPSA) is 33.6 Å². The van der Waals surface area contributed by atoms with Crippen LogP contribution in [0.5, 0.6) is 0 Å². The molecule has 2 heterocycles. The largest absolute Gasteiger partial charge is 0.354 e. The van der Waals surface area contributed by atoms with Crippen molar-refractivity contribution >= 4 is 32.7 Å². The molecule has 0 aliphatic carbocycles. The number of rotatable bonds is 1. The van der Waals surface area contributed by atoms with Gasteiger partial charge < -0.3 is 4.98 Å². The summed E-state index contributed by atoms with van der Waals surface area (Å²) in [6, 6.07) is 23.1. The van der Waals surface area contributed by atoms with E-state index in [2.05, 4.69) is 64.7 Å². The fourth-order valence-corrected chi connectivity index (χ4v) is 3.15. The van der Waals surface area contributed by atoms with Crippen molar-refractivity contribution < 1.29 is 0 Å². The van der Waals surface area contributed by atoms with Crippen molar-refractivity contribution in [3.05, 3.63) is 72.9 Å². The number of nitrogens with one attached hydrogen (secondary N) is 1. The molecular formula is C19H13N3. The van der Waals surface area contributed by atoms with E-state index in [4.69, 9.17) is 0 Å². The third-order valence-corrected chi connectivity index (χ3v) is 4.21. The molecule has 0 amide bonds. The van der Waals surface area contributed by atoms with Crippen LogP contribution in [0.4, 0.5) is 0 Å². The molecule has 22 heavy (non-hydrogen) atoms. The fourth-order valence-electron chi connectivity index (χ4n) is 3.15. The summed E-state index contributed by atoms with van der Waals surface area (Å²) < 4.78 is 1.99. The summed E-state index contributed by atoms with van der Waals surface area (Å²) in [7, 11) is 0. The highest BCUT2D eigenvalue weighted by Gasteiger charge is 2.08. The Morgan fingerprint density at radius 1 is 0.773 bits per heavy atom. The van der Waals surface area contributed by atoms with E-state index in [1.54, 1.807) is 0 Å². The normalized spacial score (nSPS) is 11.6. The molecule has 0 radical (unpaired) electrons. The van der Waals surface area contributed by atoms with E-state index in [0.29, 0.717) is 0 Å². The maximum atomic E-state index is 4.53. The Hall–Kier alpha value is -3.07. The number of hydrogen-bond donors (Lipinski definition) is 1. The zero-order valence-electron chi connectivity index (χ0n) is 11.8. The number of para-hydroxylation sites is 2. The van der Waals surface area contributed by atoms with Crippen molar-refractivity contribution in [1.82, 2.24) is 14.8 Å². The van der Waals surface area contributed by atoms with Crippen LogP contribution in [0.25, 0.3) is 38.4 Å². The van der Waals surface area contributed by atoms with Crippen LogP contribution in [-0.2, 0) is 0 Å². The first-order valence-electron chi connectivity index (χ1n) is 7.34. The van der Waals surface area contributed by atoms with Crippen LogP contribution in [0.3, 0.4) is 0 Å². The van der Waals surface area contributed by atoms with Crippen LogP contribution in [0.15, 0.2) is 72.9 Å². The van der Waals surface area contributed by atoms with Gasteiger partial charge in [0.1, 0.15) is 0 Å². The van der Waals surface area contributed by atoms with Crippen molar-refractivity contribution in [2.24, 2.45) is 0 Å². The lowest BCUT2D eigenvalue weighted by molar-refractivity contribution is 0.912. The molecule has 0 saturated carbocycles. The van der Waals surface area contributed by atoms with E-state index in [-0.39, 0.29) is 0 Å². The second-order valence-corrected chi connectivity index (χ2v) is 5.52. The Labute approximate surface area is 126 Å². The average Bonchev–Trinajstić information content (AvgIpc) is 3.15. The fraction of sp³-hybridized carbons (Fsp3) is 0. The SMILES string of the molecule is c1ccc2c(c1)cnn2-c1ccc2c(c1)[nH]c1ccccc12. The Morgan fingerprint density at radius 3 is 2.59 bits per heavy atom. The molecule has 3 nitrogen and oxygen atoms in total. The lowest BCUT2D eigenvalue weighted by Crippen LogP contribution is -1.95. The highest BCUT2D eigenvalue weighted by Crippen LogP contribution is 2.27. The maximum Gasteiger partial charge on any atom is 0.0741 e. The molecule has 0 saturated heterocycles. The molecule has 0 spiro atoms. The van der Waals surface area contributed by atoms with Crippen molar-refractivity contribution in [2.75, 3.05) is 0 Å². The molecule has 3 aromatic carbocycles. The molecule has 0 bridgehead atoms. The van der Waals surface area contributed by atoms with Gasteiger partial charge >= 0.3 is 0 Å². The van der Waals surface area contributed by atoms with Gasteiger partial charge in [-0.1, -0.05) is 42.5 Å². The number of aromatic nitrogens is 3. The number of fused-ring (bicyclic) bond motifs is 4. The lowest BCUT2D eigenvalue weighted by atomic mass is 10.1. The van der Waals surface area contributed by atoms with Crippen molar-refractivity contribution in [3.63, 3.8) is 0 Å². The average molecular weight is 283 g/mol. The first kappa shape index (κ1) is 11.6. The third-order valence-electron chi connectivity index (χ3n) is 4.21. The van der Waals surface area contributed by atoms with Gasteiger partial charge in [0, 0.05) is 27.2 Å². The summed E-state index contributed by atoms with van der Waals surface area (Å²) in [6.45, 7) is 0. The Morgan fingerprint density at radius 2 is 1.59 bits per heavy atom. The minimum absolute atomic E-state index is 1.07. The predicted molar refractivity (Wildman–Crippen MR) is 90.4 cm³/mol. The van der Waals surface area contributed by atoms with Gasteiger partial charge in [0.05, 0.1) is 17.4 Å². The summed E-state index contributed by atoms with van der Waals surface area (Å²) >= 11 is 0. The lowest BCUT2D eigenvalue weighted by Gasteiger charge is -2.03. The zero-order valence-corrected chi connectivity index (χ0v) is 11.8. The van der Waals surface area contributed by atoms with Gasteiger partial charge in [-0.25, -0.2) is 4.68 Å². The summed E-state index contributed by atoms with van der Waals surface area (Å²) in [6.07, 6.45) is 1.91. The van der Waals surface area contributed by atoms with E-state index >= 15 is 0 Å². The minimum Gasteiger partial charge on any atom is -0.354 e. The molecule has 2 aromatic heterocycles. The first-order chi connectivity index (χ1) is 10.9. The number of benzene rings is 3. The highest BCUT2D eigenvalue weighted by molar-refractivity contribution is 6.07. The Bertz CT molecular complexity index is 1130. The molecule has 1 N–H and O–H groups in total. The van der Waals surface area contributed by atoms with Crippen molar-refractivity contribution in [1.29, 1.82) is 0 Å². The molecule has 0 aliphatic rings. The monoisotopic (exact) mass is 283 g/mol. The van der Waals surface area contributed by atoms with Crippen LogP contribution in [0.2, 0.25) is 0 Å². The second-order valence-electron chi connectivity index (χ2n) is 5.52. The van der Waals surface area contributed by atoms with Gasteiger partial charge in [0.15, 0.2) is 0 Å². The number of aromatic amines is 1. The van der Waals surface area contributed by atoms with Gasteiger partial charge in [0.2, 0.25) is 0 Å². The zero-order chi connectivity index (χ0) is 14.5. The summed E-state index contributed by atoms with van der Waals surface area (Å²) in [5.41, 5.74) is 4.50. The molecule has 0 aliphatic heterocycles. The third kappa shape index (κ3) is 1.53. The first-order valence-corrected chi connectivity index (χ1v) is 7.34. The quantitative estimate of drug-likeness (QED) is 0.477. The molecule has 0 unspecified atom stereocenters. The molecule has 0 fully saturated rings. The summed E-state index contributed by atoms with van der Waals surface area (Å²) in [4.78, 5) is 3.49. The van der Waals surface area contributed by atoms with Crippen LogP contribution in [-0.4, -0.2) is 14.8 Å². The van der Waals surface area contributed by atoms with E-state index in [0.717, 1.165) is 22.1 Å². The van der Waals surface area contributed by atoms with E-state index in [1.165, 1.54) is 16.3 Å². The molecule has 3 heteroatoms. The van der Waals surface area contributed by atoms with Crippen LogP contribution >= 0.6 is 0 Å². The predicted octanol–water partition coefficient (Wildman–Crippen LogP) is 4.66. The van der Waals surface area contributed by atoms with Crippen molar-refractivity contribution in [3.8, 4) is 5.69 Å². The van der Waals surface area contributed by atoms with Gasteiger partial charge in [-0.15, -0.1) is 0 Å². The van der Waals surface area contributed by atoms with Gasteiger partial charge in [0.25, 0.3) is 0 Å². The maximum absolute atomic E-state index is 4.53. The van der Waals surface area contributed by atoms with E-state index < -0.39 is 0 Å². The highest BCUT2D eigenvalue weighted by atomic mass is 15.3. The molecule has 5 aromatic rings. The molecule has 104 valence electrons. The minimum atomic E-state index is 1.07. The second kappa shape index (κ2) is 4.21. The van der Waals surface area contributed by atoms with E-state index in [9.17, 15) is 0 Å². The van der Waals surface area contributed by atoms with Gasteiger partial charge in [-0.05, 0) is 24.3 Å². The van der Waals surface area contributed by atoms with E-state index in [1.807, 2.05) is 23.0 Å². The van der Waals surface area contributed by atoms with Crippen LogP contribution < -0.4 is 0 Å². The number of hydrogen-bond acceptors (Lipinski definition) is 1. The Kier molecular flexibility index (Phi) is 2.22. The van der Waals surface area contributed by atoms with Crippen LogP contribution in [0, 0.1) is 0 Å². The standard InChI is InChI=1S/C19H13N3/c1-4-8-19-13(5-1)12-20-22(19)14-9-10-16-15-6-2-3-7-17(15)21-18(16)11-14/h1-12,21H.